The summed E-state index contributed by atoms with van der Waals surface area (Å²) in [5.74, 6) is 0.333. The van der Waals surface area contributed by atoms with Crippen LogP contribution < -0.4 is 0 Å². The number of aliphatic hydroxyl groups is 1. The molecular formula is C19H22O. The molecule has 1 nitrogen and oxygen atoms in total. The van der Waals surface area contributed by atoms with E-state index in [0.29, 0.717) is 5.92 Å². The van der Waals surface area contributed by atoms with E-state index in [0.717, 1.165) is 24.8 Å². The number of rotatable bonds is 2. The molecule has 1 aliphatic carbocycles. The van der Waals surface area contributed by atoms with Gasteiger partial charge in [0.15, 0.2) is 0 Å². The van der Waals surface area contributed by atoms with Gasteiger partial charge in [0.1, 0.15) is 0 Å². The van der Waals surface area contributed by atoms with E-state index in [1.165, 1.54) is 23.1 Å². The van der Waals surface area contributed by atoms with Gasteiger partial charge in [0.2, 0.25) is 0 Å². The summed E-state index contributed by atoms with van der Waals surface area (Å²) >= 11 is 0. The Morgan fingerprint density at radius 2 is 1.80 bits per heavy atom. The van der Waals surface area contributed by atoms with Crippen molar-refractivity contribution in [2.45, 2.75) is 38.7 Å². The van der Waals surface area contributed by atoms with Gasteiger partial charge in [-0.25, -0.2) is 0 Å². The minimum Gasteiger partial charge on any atom is -0.388 e. The van der Waals surface area contributed by atoms with Gasteiger partial charge in [-0.3, -0.25) is 0 Å². The summed E-state index contributed by atoms with van der Waals surface area (Å²) in [6, 6.07) is 16.9. The largest absolute Gasteiger partial charge is 0.388 e. The topological polar surface area (TPSA) is 20.2 Å². The zero-order valence-corrected chi connectivity index (χ0v) is 12.0. The van der Waals surface area contributed by atoms with Crippen LogP contribution in [0.25, 0.3) is 0 Å². The van der Waals surface area contributed by atoms with Gasteiger partial charge in [-0.1, -0.05) is 48.5 Å². The smallest absolute Gasteiger partial charge is 0.0824 e. The van der Waals surface area contributed by atoms with Crippen LogP contribution >= 0.6 is 0 Å². The van der Waals surface area contributed by atoms with Crippen LogP contribution in [0.15, 0.2) is 48.5 Å². The summed E-state index contributed by atoms with van der Waals surface area (Å²) in [6.07, 6.45) is 4.02. The highest BCUT2D eigenvalue weighted by Gasteiger charge is 2.26. The third-order valence-electron chi connectivity index (χ3n) is 4.58. The van der Waals surface area contributed by atoms with Gasteiger partial charge in [-0.05, 0) is 60.8 Å². The second-order valence-electron chi connectivity index (χ2n) is 5.93. The van der Waals surface area contributed by atoms with E-state index >= 15 is 0 Å². The maximum Gasteiger partial charge on any atom is 0.0824 e. The molecule has 1 heteroatoms. The molecule has 1 aliphatic rings. The monoisotopic (exact) mass is 266 g/mol. The van der Waals surface area contributed by atoms with E-state index in [1.807, 2.05) is 6.07 Å². The van der Waals surface area contributed by atoms with Crippen molar-refractivity contribution in [1.29, 1.82) is 0 Å². The Kier molecular flexibility index (Phi) is 3.88. The quantitative estimate of drug-likeness (QED) is 0.807. The molecule has 0 saturated carbocycles. The van der Waals surface area contributed by atoms with E-state index in [1.54, 1.807) is 0 Å². The first kappa shape index (κ1) is 13.4. The van der Waals surface area contributed by atoms with Crippen LogP contribution in [0.4, 0.5) is 0 Å². The molecule has 104 valence electrons. The van der Waals surface area contributed by atoms with Crippen molar-refractivity contribution < 1.29 is 5.11 Å². The van der Waals surface area contributed by atoms with E-state index in [-0.39, 0.29) is 6.10 Å². The van der Waals surface area contributed by atoms with Gasteiger partial charge in [0.25, 0.3) is 0 Å². The molecule has 0 spiro atoms. The predicted octanol–water partition coefficient (Wildman–Crippen LogP) is 4.22. The highest BCUT2D eigenvalue weighted by Crippen LogP contribution is 2.35. The molecule has 3 rings (SSSR count). The van der Waals surface area contributed by atoms with Crippen LogP contribution in [-0.2, 0) is 12.8 Å². The zero-order valence-electron chi connectivity index (χ0n) is 12.0. The van der Waals surface area contributed by atoms with E-state index in [4.69, 9.17) is 0 Å². The average molecular weight is 266 g/mol. The Hall–Kier alpha value is -1.60. The summed E-state index contributed by atoms with van der Waals surface area (Å²) in [4.78, 5) is 0. The Bertz CT molecular complexity index is 588. The first-order valence-corrected chi connectivity index (χ1v) is 7.56. The molecule has 0 aromatic heterocycles. The van der Waals surface area contributed by atoms with E-state index in [2.05, 4.69) is 49.4 Å². The van der Waals surface area contributed by atoms with Crippen LogP contribution in [-0.4, -0.2) is 5.11 Å². The molecule has 2 unspecified atom stereocenters. The lowest BCUT2D eigenvalue weighted by molar-refractivity contribution is 0.105. The van der Waals surface area contributed by atoms with Crippen molar-refractivity contribution in [3.8, 4) is 0 Å². The molecule has 0 bridgehead atoms. The standard InChI is InChI=1S/C19H22O/c1-14-7-2-3-9-16(14)13-17-11-6-10-15-8-4-5-12-18(15)19(17)20/h2-5,7-9,12,17,19-20H,6,10-11,13H2,1H3. The highest BCUT2D eigenvalue weighted by atomic mass is 16.3. The zero-order chi connectivity index (χ0) is 13.9. The number of hydrogen-bond acceptors (Lipinski definition) is 1. The third-order valence-corrected chi connectivity index (χ3v) is 4.58. The first-order valence-electron chi connectivity index (χ1n) is 7.56. The maximum atomic E-state index is 10.8. The Labute approximate surface area is 121 Å². The lowest BCUT2D eigenvalue weighted by atomic mass is 9.87. The summed E-state index contributed by atoms with van der Waals surface area (Å²) in [6.45, 7) is 2.16. The molecule has 0 radical (unpaired) electrons. The van der Waals surface area contributed by atoms with E-state index < -0.39 is 0 Å². The van der Waals surface area contributed by atoms with Gasteiger partial charge in [0.05, 0.1) is 6.10 Å². The lowest BCUT2D eigenvalue weighted by Gasteiger charge is -2.22. The van der Waals surface area contributed by atoms with Crippen LogP contribution in [0.5, 0.6) is 0 Å². The third kappa shape index (κ3) is 2.64. The second-order valence-corrected chi connectivity index (χ2v) is 5.93. The van der Waals surface area contributed by atoms with Crippen molar-refractivity contribution in [3.05, 3.63) is 70.8 Å². The fourth-order valence-corrected chi connectivity index (χ4v) is 3.35. The SMILES string of the molecule is Cc1ccccc1CC1CCCc2ccccc2C1O. The van der Waals surface area contributed by atoms with Crippen LogP contribution in [0.3, 0.4) is 0 Å². The molecule has 0 heterocycles. The molecule has 0 saturated heterocycles. The van der Waals surface area contributed by atoms with Gasteiger partial charge in [-0.2, -0.15) is 0 Å². The number of benzene rings is 2. The Morgan fingerprint density at radius 1 is 1.05 bits per heavy atom. The number of aliphatic hydroxyl groups excluding tert-OH is 1. The fourth-order valence-electron chi connectivity index (χ4n) is 3.35. The van der Waals surface area contributed by atoms with Gasteiger partial charge in [0, 0.05) is 0 Å². The number of hydrogen-bond donors (Lipinski definition) is 1. The molecule has 1 N–H and O–H groups in total. The Morgan fingerprint density at radius 3 is 2.65 bits per heavy atom. The van der Waals surface area contributed by atoms with Gasteiger partial charge >= 0.3 is 0 Å². The molecule has 0 aliphatic heterocycles. The van der Waals surface area contributed by atoms with Gasteiger partial charge in [-0.15, -0.1) is 0 Å². The molecule has 2 aromatic carbocycles. The van der Waals surface area contributed by atoms with Crippen molar-refractivity contribution in [1.82, 2.24) is 0 Å². The van der Waals surface area contributed by atoms with E-state index in [9.17, 15) is 5.11 Å². The maximum absolute atomic E-state index is 10.8. The average Bonchev–Trinajstić information content (AvgIpc) is 2.62. The summed E-state index contributed by atoms with van der Waals surface area (Å²) in [5.41, 5.74) is 5.17. The lowest BCUT2D eigenvalue weighted by Crippen LogP contribution is -2.15. The van der Waals surface area contributed by atoms with Gasteiger partial charge < -0.3 is 5.11 Å². The molecule has 2 atom stereocenters. The second kappa shape index (κ2) is 5.80. The molecule has 0 fully saturated rings. The van der Waals surface area contributed by atoms with Crippen molar-refractivity contribution in [2.75, 3.05) is 0 Å². The molecular weight excluding hydrogens is 244 g/mol. The molecule has 20 heavy (non-hydrogen) atoms. The van der Waals surface area contributed by atoms with Crippen LogP contribution in [0.1, 0.15) is 41.2 Å². The first-order chi connectivity index (χ1) is 9.75. The molecule has 2 aromatic rings. The van der Waals surface area contributed by atoms with Crippen molar-refractivity contribution >= 4 is 0 Å². The minimum absolute atomic E-state index is 0.326. The minimum atomic E-state index is -0.326. The number of aryl methyl sites for hydroxylation is 2. The van der Waals surface area contributed by atoms with Crippen molar-refractivity contribution in [3.63, 3.8) is 0 Å². The summed E-state index contributed by atoms with van der Waals surface area (Å²) in [5, 5.41) is 10.8. The number of fused-ring (bicyclic) bond motifs is 1. The highest BCUT2D eigenvalue weighted by molar-refractivity contribution is 5.32. The van der Waals surface area contributed by atoms with Crippen LogP contribution in [0.2, 0.25) is 0 Å². The fraction of sp³-hybridized carbons (Fsp3) is 0.368. The summed E-state index contributed by atoms with van der Waals surface area (Å²) in [7, 11) is 0. The van der Waals surface area contributed by atoms with Crippen LogP contribution in [0, 0.1) is 12.8 Å². The van der Waals surface area contributed by atoms with Crippen molar-refractivity contribution in [2.24, 2.45) is 5.92 Å². The molecule has 0 amide bonds. The normalized spacial score (nSPS) is 22.1. The predicted molar refractivity (Wildman–Crippen MR) is 82.7 cm³/mol. The Balaban J connectivity index is 1.86. The summed E-state index contributed by atoms with van der Waals surface area (Å²) < 4.78 is 0.